The molecule has 138 valence electrons. The van der Waals surface area contributed by atoms with E-state index in [0.29, 0.717) is 22.8 Å². The van der Waals surface area contributed by atoms with Crippen molar-refractivity contribution in [2.24, 2.45) is 5.10 Å². The summed E-state index contributed by atoms with van der Waals surface area (Å²) in [6.45, 7) is 5.71. The van der Waals surface area contributed by atoms with Gasteiger partial charge < -0.3 is 14.2 Å². The zero-order valence-corrected chi connectivity index (χ0v) is 15.7. The van der Waals surface area contributed by atoms with E-state index in [2.05, 4.69) is 10.5 Å². The predicted octanol–water partition coefficient (Wildman–Crippen LogP) is 3.65. The first-order valence-electron chi connectivity index (χ1n) is 8.28. The molecule has 0 saturated carbocycles. The number of carbonyl (C=O) groups is 1. The number of benzene rings is 2. The Bertz CT molecular complexity index is 783. The molecule has 0 spiro atoms. The third-order valence-corrected chi connectivity index (χ3v) is 3.61. The average Bonchev–Trinajstić information content (AvgIpc) is 2.65. The lowest BCUT2D eigenvalue weighted by Crippen LogP contribution is -2.19. The maximum absolute atomic E-state index is 12.2. The summed E-state index contributed by atoms with van der Waals surface area (Å²) in [6.07, 6.45) is 0.0865. The summed E-state index contributed by atoms with van der Waals surface area (Å²) in [6, 6.07) is 12.4. The fourth-order valence-electron chi connectivity index (χ4n) is 2.28. The van der Waals surface area contributed by atoms with Crippen LogP contribution in [0, 0.1) is 0 Å². The van der Waals surface area contributed by atoms with Gasteiger partial charge in [0.2, 0.25) is 0 Å². The average molecular weight is 356 g/mol. The van der Waals surface area contributed by atoms with Gasteiger partial charge in [-0.1, -0.05) is 0 Å². The standard InChI is InChI=1S/C20H24N2O4/c1-13(2)26-17-9-6-15(7-10-17)20(23)22-21-14(3)16-8-11-18(24-4)19(12-16)25-5/h6-13H,1-5H3,(H,22,23)/b21-14-. The van der Waals surface area contributed by atoms with Crippen molar-refractivity contribution in [3.05, 3.63) is 53.6 Å². The molecule has 0 saturated heterocycles. The van der Waals surface area contributed by atoms with E-state index in [0.717, 1.165) is 11.3 Å². The molecule has 1 amide bonds. The molecule has 26 heavy (non-hydrogen) atoms. The number of rotatable bonds is 7. The van der Waals surface area contributed by atoms with Crippen LogP contribution in [0.15, 0.2) is 47.6 Å². The van der Waals surface area contributed by atoms with E-state index in [1.807, 2.05) is 26.0 Å². The van der Waals surface area contributed by atoms with Crippen LogP contribution in [0.1, 0.15) is 36.7 Å². The molecule has 0 atom stereocenters. The van der Waals surface area contributed by atoms with Crippen molar-refractivity contribution < 1.29 is 19.0 Å². The van der Waals surface area contributed by atoms with Gasteiger partial charge >= 0.3 is 0 Å². The number of carbonyl (C=O) groups excluding carboxylic acids is 1. The van der Waals surface area contributed by atoms with Gasteiger partial charge in [0.1, 0.15) is 5.75 Å². The van der Waals surface area contributed by atoms with Crippen molar-refractivity contribution in [2.45, 2.75) is 26.9 Å². The second-order valence-corrected chi connectivity index (χ2v) is 5.90. The molecular weight excluding hydrogens is 332 g/mol. The lowest BCUT2D eigenvalue weighted by atomic mass is 10.1. The highest BCUT2D eigenvalue weighted by atomic mass is 16.5. The molecule has 2 rings (SSSR count). The van der Waals surface area contributed by atoms with Gasteiger partial charge in [-0.15, -0.1) is 0 Å². The first-order chi connectivity index (χ1) is 12.4. The molecule has 6 heteroatoms. The van der Waals surface area contributed by atoms with Crippen molar-refractivity contribution in [2.75, 3.05) is 14.2 Å². The topological polar surface area (TPSA) is 69.2 Å². The summed E-state index contributed by atoms with van der Waals surface area (Å²) in [5.74, 6) is 1.67. The van der Waals surface area contributed by atoms with E-state index in [-0.39, 0.29) is 12.0 Å². The molecular formula is C20H24N2O4. The van der Waals surface area contributed by atoms with Crippen LogP contribution in [0.25, 0.3) is 0 Å². The maximum atomic E-state index is 12.2. The maximum Gasteiger partial charge on any atom is 0.271 e. The monoisotopic (exact) mass is 356 g/mol. The van der Waals surface area contributed by atoms with Crippen molar-refractivity contribution in [1.82, 2.24) is 5.43 Å². The fraction of sp³-hybridized carbons (Fsp3) is 0.300. The molecule has 0 aliphatic rings. The normalized spacial score (nSPS) is 11.2. The van der Waals surface area contributed by atoms with Crippen LogP contribution >= 0.6 is 0 Å². The van der Waals surface area contributed by atoms with E-state index in [4.69, 9.17) is 14.2 Å². The van der Waals surface area contributed by atoms with Crippen LogP contribution < -0.4 is 19.6 Å². The number of methoxy groups -OCH3 is 2. The Morgan fingerprint density at radius 3 is 2.15 bits per heavy atom. The summed E-state index contributed by atoms with van der Waals surface area (Å²) in [4.78, 5) is 12.2. The van der Waals surface area contributed by atoms with Crippen LogP contribution in [0.2, 0.25) is 0 Å². The Kier molecular flexibility index (Phi) is 6.60. The van der Waals surface area contributed by atoms with Gasteiger partial charge in [-0.05, 0) is 63.2 Å². The molecule has 1 N–H and O–H groups in total. The van der Waals surface area contributed by atoms with Crippen molar-refractivity contribution in [3.8, 4) is 17.2 Å². The van der Waals surface area contributed by atoms with E-state index in [1.54, 1.807) is 51.5 Å². The number of amides is 1. The van der Waals surface area contributed by atoms with Gasteiger partial charge in [-0.2, -0.15) is 5.10 Å². The highest BCUT2D eigenvalue weighted by molar-refractivity contribution is 6.01. The molecule has 0 radical (unpaired) electrons. The summed E-state index contributed by atoms with van der Waals surface area (Å²) >= 11 is 0. The number of nitrogens with zero attached hydrogens (tertiary/aromatic N) is 1. The number of nitrogens with one attached hydrogen (secondary N) is 1. The van der Waals surface area contributed by atoms with Crippen LogP contribution in [-0.2, 0) is 0 Å². The fourth-order valence-corrected chi connectivity index (χ4v) is 2.28. The predicted molar refractivity (Wildman–Crippen MR) is 101 cm³/mol. The summed E-state index contributed by atoms with van der Waals surface area (Å²) in [5, 5.41) is 4.16. The van der Waals surface area contributed by atoms with Gasteiger partial charge in [0.05, 0.1) is 26.0 Å². The Labute approximate surface area is 153 Å². The van der Waals surface area contributed by atoms with E-state index in [1.165, 1.54) is 0 Å². The number of hydrogen-bond acceptors (Lipinski definition) is 5. The van der Waals surface area contributed by atoms with Crippen LogP contribution in [0.3, 0.4) is 0 Å². The second kappa shape index (κ2) is 8.89. The van der Waals surface area contributed by atoms with Crippen molar-refractivity contribution >= 4 is 11.6 Å². The molecule has 2 aromatic rings. The largest absolute Gasteiger partial charge is 0.493 e. The third kappa shape index (κ3) is 4.99. The van der Waals surface area contributed by atoms with Gasteiger partial charge in [0, 0.05) is 11.1 Å². The molecule has 0 aliphatic heterocycles. The molecule has 6 nitrogen and oxygen atoms in total. The Balaban J connectivity index is 2.07. The lowest BCUT2D eigenvalue weighted by molar-refractivity contribution is 0.0955. The number of hydrogen-bond donors (Lipinski definition) is 1. The van der Waals surface area contributed by atoms with Crippen molar-refractivity contribution in [3.63, 3.8) is 0 Å². The first kappa shape index (κ1) is 19.3. The second-order valence-electron chi connectivity index (χ2n) is 5.90. The Morgan fingerprint density at radius 1 is 0.962 bits per heavy atom. The van der Waals surface area contributed by atoms with Gasteiger partial charge in [0.25, 0.3) is 5.91 Å². The lowest BCUT2D eigenvalue weighted by Gasteiger charge is -2.10. The number of hydrazone groups is 1. The van der Waals surface area contributed by atoms with Crippen LogP contribution in [-0.4, -0.2) is 31.9 Å². The third-order valence-electron chi connectivity index (χ3n) is 3.61. The number of ether oxygens (including phenoxy) is 3. The summed E-state index contributed by atoms with van der Waals surface area (Å²) < 4.78 is 16.1. The Morgan fingerprint density at radius 2 is 1.58 bits per heavy atom. The molecule has 0 bridgehead atoms. The van der Waals surface area contributed by atoms with E-state index in [9.17, 15) is 4.79 Å². The van der Waals surface area contributed by atoms with Gasteiger partial charge in [-0.3, -0.25) is 4.79 Å². The molecule has 0 aliphatic carbocycles. The quantitative estimate of drug-likeness (QED) is 0.607. The minimum absolute atomic E-state index is 0.0865. The SMILES string of the molecule is COc1ccc(/C(C)=N\NC(=O)c2ccc(OC(C)C)cc2)cc1OC. The summed E-state index contributed by atoms with van der Waals surface area (Å²) in [5.41, 5.74) is 4.54. The highest BCUT2D eigenvalue weighted by Crippen LogP contribution is 2.27. The van der Waals surface area contributed by atoms with Gasteiger partial charge in [0.15, 0.2) is 11.5 Å². The van der Waals surface area contributed by atoms with Crippen LogP contribution in [0.4, 0.5) is 0 Å². The highest BCUT2D eigenvalue weighted by Gasteiger charge is 2.08. The first-order valence-corrected chi connectivity index (χ1v) is 8.28. The molecule has 0 aromatic heterocycles. The zero-order valence-electron chi connectivity index (χ0n) is 15.7. The smallest absolute Gasteiger partial charge is 0.271 e. The summed E-state index contributed by atoms with van der Waals surface area (Å²) in [7, 11) is 3.15. The molecule has 0 heterocycles. The Hall–Kier alpha value is -3.02. The minimum Gasteiger partial charge on any atom is -0.493 e. The molecule has 0 fully saturated rings. The molecule has 2 aromatic carbocycles. The van der Waals surface area contributed by atoms with Crippen LogP contribution in [0.5, 0.6) is 17.2 Å². The minimum atomic E-state index is -0.291. The van der Waals surface area contributed by atoms with Gasteiger partial charge in [-0.25, -0.2) is 5.43 Å². The van der Waals surface area contributed by atoms with E-state index < -0.39 is 0 Å². The zero-order chi connectivity index (χ0) is 19.1. The van der Waals surface area contributed by atoms with E-state index >= 15 is 0 Å². The molecule has 0 unspecified atom stereocenters. The van der Waals surface area contributed by atoms with Crippen molar-refractivity contribution in [1.29, 1.82) is 0 Å².